The number of hydrogen-bond acceptors (Lipinski definition) is 4. The smallest absolute Gasteiger partial charge is 0.241 e. The number of carbonyl (C=O) groups is 1. The maximum absolute atomic E-state index is 11.8. The van der Waals surface area contributed by atoms with Gasteiger partial charge in [0.25, 0.3) is 0 Å². The van der Waals surface area contributed by atoms with Crippen molar-refractivity contribution >= 4 is 11.6 Å². The molecule has 0 saturated carbocycles. The molecule has 1 aromatic rings. The number of nitrogens with zero attached hydrogens (tertiary/aromatic N) is 1. The number of hydrogen-bond donors (Lipinski definition) is 2. The minimum Gasteiger partial charge on any atom is -0.479 e. The van der Waals surface area contributed by atoms with Gasteiger partial charge in [-0.3, -0.25) is 4.79 Å². The van der Waals surface area contributed by atoms with Crippen molar-refractivity contribution in [1.29, 1.82) is 5.26 Å². The van der Waals surface area contributed by atoms with Gasteiger partial charge in [-0.25, -0.2) is 0 Å². The van der Waals surface area contributed by atoms with Gasteiger partial charge in [0.05, 0.1) is 6.04 Å². The number of nitrogens with two attached hydrogens (primary N) is 1. The highest BCUT2D eigenvalue weighted by Crippen LogP contribution is 2.16. The number of amides is 1. The first kappa shape index (κ1) is 15.0. The molecule has 1 atom stereocenters. The second kappa shape index (κ2) is 7.39. The molecule has 102 valence electrons. The summed E-state index contributed by atoms with van der Waals surface area (Å²) in [6.45, 7) is 4.05. The molecule has 0 bridgehead atoms. The van der Waals surface area contributed by atoms with Crippen LogP contribution in [0.5, 0.6) is 5.75 Å². The molecule has 0 heterocycles. The van der Waals surface area contributed by atoms with Crippen molar-refractivity contribution < 1.29 is 9.53 Å². The zero-order chi connectivity index (χ0) is 14.3. The fourth-order valence-corrected chi connectivity index (χ4v) is 1.60. The van der Waals surface area contributed by atoms with Crippen LogP contribution in [0, 0.1) is 17.2 Å². The number of rotatable bonds is 6. The van der Waals surface area contributed by atoms with Crippen LogP contribution >= 0.6 is 0 Å². The summed E-state index contributed by atoms with van der Waals surface area (Å²) >= 11 is 0. The molecule has 1 rings (SSSR count). The highest BCUT2D eigenvalue weighted by molar-refractivity contribution is 5.94. The Morgan fingerprint density at radius 3 is 2.58 bits per heavy atom. The van der Waals surface area contributed by atoms with Crippen LogP contribution in [0.3, 0.4) is 0 Å². The number of carbonyl (C=O) groups excluding carboxylic acids is 1. The summed E-state index contributed by atoms with van der Waals surface area (Å²) < 4.78 is 5.12. The molecule has 0 radical (unpaired) electrons. The number of nitriles is 1. The SMILES string of the molecule is CC(C)CC(N)C(=O)Nc1ccc(OCC#N)cc1. The number of anilines is 1. The van der Waals surface area contributed by atoms with E-state index in [9.17, 15) is 4.79 Å². The molecule has 3 N–H and O–H groups in total. The molecule has 1 aromatic carbocycles. The van der Waals surface area contributed by atoms with Gasteiger partial charge in [0, 0.05) is 5.69 Å². The quantitative estimate of drug-likeness (QED) is 0.818. The average Bonchev–Trinajstić information content (AvgIpc) is 2.37. The van der Waals surface area contributed by atoms with Gasteiger partial charge in [-0.2, -0.15) is 5.26 Å². The Morgan fingerprint density at radius 1 is 1.42 bits per heavy atom. The molecular weight excluding hydrogens is 242 g/mol. The summed E-state index contributed by atoms with van der Waals surface area (Å²) in [5.74, 6) is 0.771. The van der Waals surface area contributed by atoms with E-state index in [0.29, 0.717) is 23.8 Å². The van der Waals surface area contributed by atoms with Crippen molar-refractivity contribution in [2.45, 2.75) is 26.3 Å². The van der Waals surface area contributed by atoms with Gasteiger partial charge < -0.3 is 15.8 Å². The molecule has 0 fully saturated rings. The fraction of sp³-hybridized carbons (Fsp3) is 0.429. The minimum atomic E-state index is -0.505. The zero-order valence-corrected chi connectivity index (χ0v) is 11.2. The molecule has 0 aliphatic carbocycles. The Balaban J connectivity index is 2.53. The van der Waals surface area contributed by atoms with E-state index in [1.54, 1.807) is 24.3 Å². The maximum Gasteiger partial charge on any atom is 0.241 e. The van der Waals surface area contributed by atoms with Crippen molar-refractivity contribution in [3.05, 3.63) is 24.3 Å². The van der Waals surface area contributed by atoms with Crippen molar-refractivity contribution in [1.82, 2.24) is 0 Å². The maximum atomic E-state index is 11.8. The predicted molar refractivity (Wildman–Crippen MR) is 73.6 cm³/mol. The number of ether oxygens (including phenoxy) is 1. The van der Waals surface area contributed by atoms with E-state index in [-0.39, 0.29) is 12.5 Å². The Kier molecular flexibility index (Phi) is 5.83. The van der Waals surface area contributed by atoms with E-state index < -0.39 is 6.04 Å². The monoisotopic (exact) mass is 261 g/mol. The Hall–Kier alpha value is -2.06. The normalized spacial score (nSPS) is 11.7. The largest absolute Gasteiger partial charge is 0.479 e. The third kappa shape index (κ3) is 5.40. The topological polar surface area (TPSA) is 88.1 Å². The molecule has 1 unspecified atom stereocenters. The lowest BCUT2D eigenvalue weighted by Crippen LogP contribution is -2.36. The van der Waals surface area contributed by atoms with E-state index in [1.165, 1.54) is 0 Å². The molecule has 5 nitrogen and oxygen atoms in total. The highest BCUT2D eigenvalue weighted by atomic mass is 16.5. The van der Waals surface area contributed by atoms with Gasteiger partial charge in [0.1, 0.15) is 11.8 Å². The lowest BCUT2D eigenvalue weighted by atomic mass is 10.0. The highest BCUT2D eigenvalue weighted by Gasteiger charge is 2.14. The van der Waals surface area contributed by atoms with Crippen LogP contribution in [0.1, 0.15) is 20.3 Å². The second-order valence-corrected chi connectivity index (χ2v) is 4.70. The summed E-state index contributed by atoms with van der Waals surface area (Å²) in [5.41, 5.74) is 6.45. The molecule has 0 aromatic heterocycles. The lowest BCUT2D eigenvalue weighted by molar-refractivity contribution is -0.117. The first-order valence-electron chi connectivity index (χ1n) is 6.19. The third-order valence-electron chi connectivity index (χ3n) is 2.49. The summed E-state index contributed by atoms with van der Waals surface area (Å²) in [7, 11) is 0. The van der Waals surface area contributed by atoms with Gasteiger partial charge in [-0.15, -0.1) is 0 Å². The number of nitrogens with one attached hydrogen (secondary N) is 1. The van der Waals surface area contributed by atoms with Gasteiger partial charge in [-0.1, -0.05) is 13.8 Å². The lowest BCUT2D eigenvalue weighted by Gasteiger charge is -2.14. The first-order valence-corrected chi connectivity index (χ1v) is 6.19. The van der Waals surface area contributed by atoms with Crippen LogP contribution in [-0.4, -0.2) is 18.6 Å². The van der Waals surface area contributed by atoms with Gasteiger partial charge in [0.2, 0.25) is 5.91 Å². The second-order valence-electron chi connectivity index (χ2n) is 4.70. The standard InChI is InChI=1S/C14H19N3O2/c1-10(2)9-13(16)14(18)17-11-3-5-12(6-4-11)19-8-7-15/h3-6,10,13H,8-9,16H2,1-2H3,(H,17,18). The van der Waals surface area contributed by atoms with Crippen LogP contribution in [0.2, 0.25) is 0 Å². The molecule has 0 aliphatic rings. The van der Waals surface area contributed by atoms with Gasteiger partial charge in [-0.05, 0) is 36.6 Å². The van der Waals surface area contributed by atoms with Crippen LogP contribution < -0.4 is 15.8 Å². The molecule has 1 amide bonds. The van der Waals surface area contributed by atoms with Crippen LogP contribution in [0.25, 0.3) is 0 Å². The Morgan fingerprint density at radius 2 is 2.05 bits per heavy atom. The van der Waals surface area contributed by atoms with Gasteiger partial charge >= 0.3 is 0 Å². The molecule has 19 heavy (non-hydrogen) atoms. The summed E-state index contributed by atoms with van der Waals surface area (Å²) in [6, 6.07) is 8.20. The molecule has 5 heteroatoms. The zero-order valence-electron chi connectivity index (χ0n) is 11.2. The molecule has 0 saturated heterocycles. The van der Waals surface area contributed by atoms with E-state index in [0.717, 1.165) is 0 Å². The summed E-state index contributed by atoms with van der Waals surface area (Å²) in [4.78, 5) is 11.8. The van der Waals surface area contributed by atoms with E-state index in [1.807, 2.05) is 19.9 Å². The first-order chi connectivity index (χ1) is 9.02. The molecular formula is C14H19N3O2. The predicted octanol–water partition coefficient (Wildman–Crippen LogP) is 1.90. The van der Waals surface area contributed by atoms with E-state index in [4.69, 9.17) is 15.7 Å². The van der Waals surface area contributed by atoms with E-state index >= 15 is 0 Å². The number of benzene rings is 1. The van der Waals surface area contributed by atoms with Crippen molar-refractivity contribution in [2.75, 3.05) is 11.9 Å². The van der Waals surface area contributed by atoms with Crippen molar-refractivity contribution in [3.8, 4) is 11.8 Å². The van der Waals surface area contributed by atoms with E-state index in [2.05, 4.69) is 5.32 Å². The van der Waals surface area contributed by atoms with Crippen molar-refractivity contribution in [3.63, 3.8) is 0 Å². The molecule has 0 aliphatic heterocycles. The Bertz CT molecular complexity index is 449. The Labute approximate surface area is 113 Å². The fourth-order valence-electron chi connectivity index (χ4n) is 1.60. The average molecular weight is 261 g/mol. The van der Waals surface area contributed by atoms with Gasteiger partial charge in [0.15, 0.2) is 6.61 Å². The van der Waals surface area contributed by atoms with Crippen LogP contribution in [0.15, 0.2) is 24.3 Å². The minimum absolute atomic E-state index is 0.00493. The summed E-state index contributed by atoms with van der Waals surface area (Å²) in [6.07, 6.45) is 0.648. The molecule has 0 spiro atoms. The summed E-state index contributed by atoms with van der Waals surface area (Å²) in [5, 5.41) is 11.1. The van der Waals surface area contributed by atoms with Crippen LogP contribution in [-0.2, 0) is 4.79 Å². The van der Waals surface area contributed by atoms with Crippen LogP contribution in [0.4, 0.5) is 5.69 Å². The van der Waals surface area contributed by atoms with Crippen molar-refractivity contribution in [2.24, 2.45) is 11.7 Å². The third-order valence-corrected chi connectivity index (χ3v) is 2.49.